The Morgan fingerprint density at radius 2 is 1.69 bits per heavy atom. The van der Waals surface area contributed by atoms with Crippen LogP contribution < -0.4 is 5.32 Å². The monoisotopic (exact) mass is 501 g/mol. The van der Waals surface area contributed by atoms with Crippen molar-refractivity contribution in [1.29, 1.82) is 0 Å². The highest BCUT2D eigenvalue weighted by atomic mass is 16.5. The fourth-order valence-electron chi connectivity index (χ4n) is 5.44. The Morgan fingerprint density at radius 3 is 2.33 bits per heavy atom. The van der Waals surface area contributed by atoms with Crippen molar-refractivity contribution in [3.05, 3.63) is 0 Å². The van der Waals surface area contributed by atoms with Gasteiger partial charge in [-0.15, -0.1) is 11.8 Å². The van der Waals surface area contributed by atoms with Gasteiger partial charge in [0.05, 0.1) is 24.6 Å². The molecule has 0 aromatic heterocycles. The van der Waals surface area contributed by atoms with E-state index >= 15 is 0 Å². The molecule has 1 aliphatic heterocycles. The minimum atomic E-state index is -0.483. The predicted molar refractivity (Wildman–Crippen MR) is 132 cm³/mol. The number of hydrogen-bond donors (Lipinski definition) is 1. The van der Waals surface area contributed by atoms with E-state index in [1.807, 2.05) is 11.8 Å². The largest absolute Gasteiger partial charge is 0.464 e. The standard InChI is InChI=1S/C27H39N3O6/c1-19(31)15-29-13-14-30(16-20(29)17-35-25(33)27(2)10-11-27)24(32)9-12-28-26(34)36-18-23-21-7-5-3-4-6-8-22(21)23/h20-23H,5-18H2,1-2H3,(H,28,34)/t20?,21-,22+,23-. The van der Waals surface area contributed by atoms with Gasteiger partial charge in [-0.05, 0) is 57.3 Å². The average molecular weight is 502 g/mol. The molecule has 0 spiro atoms. The van der Waals surface area contributed by atoms with Crippen LogP contribution >= 0.6 is 0 Å². The van der Waals surface area contributed by atoms with Crippen molar-refractivity contribution in [2.24, 2.45) is 23.2 Å². The highest BCUT2D eigenvalue weighted by molar-refractivity contribution is 5.80. The second-order valence-corrected chi connectivity index (χ2v) is 11.0. The molecular formula is C27H39N3O6. The van der Waals surface area contributed by atoms with Gasteiger partial charge in [-0.1, -0.05) is 0 Å². The number of nitrogens with one attached hydrogen (secondary N) is 1. The molecule has 0 radical (unpaired) electrons. The van der Waals surface area contributed by atoms with Crippen molar-refractivity contribution >= 4 is 23.8 Å². The van der Waals surface area contributed by atoms with Crippen LogP contribution in [0.4, 0.5) is 4.79 Å². The molecule has 3 aliphatic carbocycles. The summed E-state index contributed by atoms with van der Waals surface area (Å²) in [5, 5.41) is 2.69. The summed E-state index contributed by atoms with van der Waals surface area (Å²) >= 11 is 0. The quantitative estimate of drug-likeness (QED) is 0.361. The number of nitrogens with zero attached hydrogens (tertiary/aromatic N) is 2. The van der Waals surface area contributed by atoms with Crippen LogP contribution in [0.15, 0.2) is 0 Å². The highest BCUT2D eigenvalue weighted by Gasteiger charge is 2.49. The Hall–Kier alpha value is -2.60. The second-order valence-electron chi connectivity index (χ2n) is 11.0. The van der Waals surface area contributed by atoms with Crippen molar-refractivity contribution in [2.75, 3.05) is 45.9 Å². The van der Waals surface area contributed by atoms with E-state index in [-0.39, 0.29) is 55.2 Å². The van der Waals surface area contributed by atoms with Crippen LogP contribution in [0.2, 0.25) is 0 Å². The van der Waals surface area contributed by atoms with Crippen LogP contribution in [-0.2, 0) is 23.9 Å². The SMILES string of the molecule is CC(=O)CN1CCN(C(=O)CCNC(=O)OC[C@@H]2[C@@H]3CCC#CCC[C@@H]32)CC1COC(=O)C1(C)CC1. The first-order chi connectivity index (χ1) is 17.3. The predicted octanol–water partition coefficient (Wildman–Crippen LogP) is 1.99. The molecule has 4 rings (SSSR count). The fraction of sp³-hybridized carbons (Fsp3) is 0.778. The number of carbonyl (C=O) groups is 4. The average Bonchev–Trinajstić information content (AvgIpc) is 3.73. The van der Waals surface area contributed by atoms with E-state index in [1.165, 1.54) is 6.92 Å². The van der Waals surface area contributed by atoms with Crippen LogP contribution in [0.3, 0.4) is 0 Å². The van der Waals surface area contributed by atoms with Gasteiger partial charge < -0.3 is 19.7 Å². The molecule has 3 fully saturated rings. The lowest BCUT2D eigenvalue weighted by atomic mass is 10.1. The third kappa shape index (κ3) is 7.00. The number of carbonyl (C=O) groups excluding carboxylic acids is 4. The molecule has 0 bridgehead atoms. The smallest absolute Gasteiger partial charge is 0.407 e. The number of hydrogen-bond acceptors (Lipinski definition) is 7. The van der Waals surface area contributed by atoms with Gasteiger partial charge in [0.15, 0.2) is 0 Å². The summed E-state index contributed by atoms with van der Waals surface area (Å²) in [6, 6.07) is -0.225. The van der Waals surface area contributed by atoms with Crippen LogP contribution in [0.1, 0.15) is 58.8 Å². The Morgan fingerprint density at radius 1 is 1.00 bits per heavy atom. The molecule has 0 aromatic carbocycles. The van der Waals surface area contributed by atoms with Crippen molar-refractivity contribution in [3.8, 4) is 11.8 Å². The number of piperazine rings is 1. The van der Waals surface area contributed by atoms with Gasteiger partial charge in [0.2, 0.25) is 5.91 Å². The van der Waals surface area contributed by atoms with Crippen molar-refractivity contribution in [1.82, 2.24) is 15.1 Å². The summed E-state index contributed by atoms with van der Waals surface area (Å²) in [5.74, 6) is 7.78. The first kappa shape index (κ1) is 26.5. The van der Waals surface area contributed by atoms with E-state index in [4.69, 9.17) is 9.47 Å². The van der Waals surface area contributed by atoms with Gasteiger partial charge in [0.25, 0.3) is 0 Å². The third-order valence-electron chi connectivity index (χ3n) is 8.14. The molecule has 1 unspecified atom stereocenters. The maximum Gasteiger partial charge on any atom is 0.407 e. The minimum Gasteiger partial charge on any atom is -0.464 e. The van der Waals surface area contributed by atoms with E-state index in [9.17, 15) is 19.2 Å². The lowest BCUT2D eigenvalue weighted by Crippen LogP contribution is -2.57. The maximum absolute atomic E-state index is 12.8. The molecule has 0 aromatic rings. The van der Waals surface area contributed by atoms with Crippen LogP contribution in [0.25, 0.3) is 0 Å². The van der Waals surface area contributed by atoms with Crippen molar-refractivity contribution < 1.29 is 28.7 Å². The van der Waals surface area contributed by atoms with Crippen LogP contribution in [0, 0.1) is 35.0 Å². The zero-order chi connectivity index (χ0) is 25.7. The molecule has 4 atom stereocenters. The van der Waals surface area contributed by atoms with E-state index in [0.717, 1.165) is 38.5 Å². The zero-order valence-corrected chi connectivity index (χ0v) is 21.6. The minimum absolute atomic E-state index is 0.0351. The molecule has 2 amide bonds. The summed E-state index contributed by atoms with van der Waals surface area (Å²) in [5.41, 5.74) is -0.375. The molecule has 2 saturated carbocycles. The van der Waals surface area contributed by atoms with Crippen LogP contribution in [-0.4, -0.2) is 85.5 Å². The number of ketones is 1. The summed E-state index contributed by atoms with van der Waals surface area (Å²) < 4.78 is 11.0. The van der Waals surface area contributed by atoms with E-state index in [2.05, 4.69) is 17.2 Å². The molecule has 4 aliphatic rings. The Kier molecular flexibility index (Phi) is 8.55. The number of rotatable bonds is 10. The molecule has 36 heavy (non-hydrogen) atoms. The van der Waals surface area contributed by atoms with Gasteiger partial charge >= 0.3 is 12.1 Å². The van der Waals surface area contributed by atoms with Gasteiger partial charge in [0.1, 0.15) is 12.4 Å². The Balaban J connectivity index is 1.16. The summed E-state index contributed by atoms with van der Waals surface area (Å²) in [7, 11) is 0. The first-order valence-electron chi connectivity index (χ1n) is 13.3. The molecule has 198 valence electrons. The van der Waals surface area contributed by atoms with Crippen LogP contribution in [0.5, 0.6) is 0 Å². The number of Topliss-reactive ketones (excluding diaryl/α,β-unsaturated/α-hetero) is 1. The lowest BCUT2D eigenvalue weighted by Gasteiger charge is -2.40. The lowest BCUT2D eigenvalue weighted by molar-refractivity contribution is -0.152. The number of esters is 1. The summed E-state index contributed by atoms with van der Waals surface area (Å²) in [6.07, 6.45) is 5.38. The number of fused-ring (bicyclic) bond motifs is 1. The summed E-state index contributed by atoms with van der Waals surface area (Å²) in [6.45, 7) is 5.89. The zero-order valence-electron chi connectivity index (χ0n) is 21.6. The molecular weight excluding hydrogens is 462 g/mol. The van der Waals surface area contributed by atoms with Gasteiger partial charge in [-0.2, -0.15) is 0 Å². The highest BCUT2D eigenvalue weighted by Crippen LogP contribution is 2.52. The van der Waals surface area contributed by atoms with Gasteiger partial charge in [-0.3, -0.25) is 19.3 Å². The molecule has 9 heteroatoms. The topological polar surface area (TPSA) is 105 Å². The van der Waals surface area contributed by atoms with E-state index in [1.54, 1.807) is 4.90 Å². The number of amides is 2. The molecule has 1 saturated heterocycles. The second kappa shape index (κ2) is 11.6. The third-order valence-corrected chi connectivity index (χ3v) is 8.14. The Bertz CT molecular complexity index is 902. The molecule has 1 heterocycles. The normalized spacial score (nSPS) is 28.3. The van der Waals surface area contributed by atoms with E-state index < -0.39 is 6.09 Å². The molecule has 1 N–H and O–H groups in total. The fourth-order valence-corrected chi connectivity index (χ4v) is 5.44. The number of ether oxygens (including phenoxy) is 2. The maximum atomic E-state index is 12.8. The summed E-state index contributed by atoms with van der Waals surface area (Å²) in [4.78, 5) is 52.6. The van der Waals surface area contributed by atoms with Gasteiger partial charge in [-0.25, -0.2) is 4.79 Å². The molecule has 9 nitrogen and oxygen atoms in total. The van der Waals surface area contributed by atoms with Crippen molar-refractivity contribution in [2.45, 2.75) is 64.8 Å². The first-order valence-corrected chi connectivity index (χ1v) is 13.3. The van der Waals surface area contributed by atoms with Crippen molar-refractivity contribution in [3.63, 3.8) is 0 Å². The van der Waals surface area contributed by atoms with E-state index in [0.29, 0.717) is 44.0 Å². The van der Waals surface area contributed by atoms with Gasteiger partial charge in [0, 0.05) is 45.4 Å². The Labute approximate surface area is 213 Å². The number of alkyl carbamates (subject to hydrolysis) is 1.